The fraction of sp³-hybridized carbons (Fsp3) is 0.0455. The second kappa shape index (κ2) is 8.81. The van der Waals surface area contributed by atoms with E-state index in [1.165, 1.54) is 0 Å². The Kier molecular flexibility index (Phi) is 5.96. The molecule has 0 atom stereocenters. The number of amides is 1. The highest BCUT2D eigenvalue weighted by molar-refractivity contribution is 9.10. The van der Waals surface area contributed by atoms with Gasteiger partial charge in [0, 0.05) is 20.2 Å². The summed E-state index contributed by atoms with van der Waals surface area (Å²) < 4.78 is 8.77. The highest BCUT2D eigenvalue weighted by atomic mass is 79.9. The number of benzene rings is 3. The Hall–Kier alpha value is -2.97. The molecule has 1 N–H and O–H groups in total. The zero-order chi connectivity index (χ0) is 21.1. The van der Waals surface area contributed by atoms with Gasteiger partial charge in [-0.1, -0.05) is 44.0 Å². The number of ether oxygens (including phenoxy) is 1. The Balaban J connectivity index is 1.73. The second-order valence-electron chi connectivity index (χ2n) is 6.34. The van der Waals surface area contributed by atoms with Crippen molar-refractivity contribution < 1.29 is 9.53 Å². The number of hydrogen-bond acceptors (Lipinski definition) is 4. The van der Waals surface area contributed by atoms with Crippen LogP contribution in [0, 0.1) is 0 Å². The molecule has 0 saturated carbocycles. The molecule has 0 bridgehead atoms. The average molecular weight is 528 g/mol. The van der Waals surface area contributed by atoms with Crippen molar-refractivity contribution >= 4 is 43.5 Å². The Morgan fingerprint density at radius 1 is 0.900 bits per heavy atom. The molecule has 8 heteroatoms. The van der Waals surface area contributed by atoms with Gasteiger partial charge in [0.1, 0.15) is 5.75 Å². The third kappa shape index (κ3) is 4.44. The minimum absolute atomic E-state index is 0.0756. The highest BCUT2D eigenvalue weighted by Gasteiger charge is 2.19. The van der Waals surface area contributed by atoms with E-state index in [0.29, 0.717) is 11.5 Å². The summed E-state index contributed by atoms with van der Waals surface area (Å²) in [4.78, 5) is 17.3. The lowest BCUT2D eigenvalue weighted by molar-refractivity contribution is 0.101. The van der Waals surface area contributed by atoms with E-state index in [1.54, 1.807) is 23.9 Å². The van der Waals surface area contributed by atoms with E-state index in [1.807, 2.05) is 60.7 Å². The van der Waals surface area contributed by atoms with Crippen LogP contribution >= 0.6 is 31.9 Å². The first kappa shape index (κ1) is 20.3. The SMILES string of the molecule is COc1ccc(-n2nc(C(=O)Nc3ccc(Br)cc3)nc2-c2ccc(Br)cc2)cc1. The van der Waals surface area contributed by atoms with Crippen LogP contribution in [0.15, 0.2) is 81.7 Å². The standard InChI is InChI=1S/C22H16Br2N4O2/c1-30-19-12-10-18(11-13-19)28-21(14-2-4-15(23)5-3-14)26-20(27-28)22(29)25-17-8-6-16(24)7-9-17/h2-13H,1H3,(H,25,29). The molecule has 1 aromatic heterocycles. The second-order valence-corrected chi connectivity index (χ2v) is 8.17. The van der Waals surface area contributed by atoms with Crippen molar-refractivity contribution in [2.24, 2.45) is 0 Å². The number of nitrogens with one attached hydrogen (secondary N) is 1. The van der Waals surface area contributed by atoms with E-state index in [2.05, 4.69) is 47.3 Å². The maximum absolute atomic E-state index is 12.8. The highest BCUT2D eigenvalue weighted by Crippen LogP contribution is 2.25. The third-order valence-electron chi connectivity index (χ3n) is 4.33. The molecule has 150 valence electrons. The van der Waals surface area contributed by atoms with Gasteiger partial charge in [-0.3, -0.25) is 4.79 Å². The number of anilines is 1. The van der Waals surface area contributed by atoms with Crippen molar-refractivity contribution in [2.75, 3.05) is 12.4 Å². The van der Waals surface area contributed by atoms with Gasteiger partial charge in [0.2, 0.25) is 5.82 Å². The molecular formula is C22H16Br2N4O2. The number of halogens is 2. The fourth-order valence-corrected chi connectivity index (χ4v) is 3.35. The normalized spacial score (nSPS) is 10.6. The van der Waals surface area contributed by atoms with Crippen LogP contribution in [0.2, 0.25) is 0 Å². The lowest BCUT2D eigenvalue weighted by atomic mass is 10.2. The molecule has 4 aromatic rings. The van der Waals surface area contributed by atoms with Crippen molar-refractivity contribution in [3.05, 3.63) is 87.6 Å². The fourth-order valence-electron chi connectivity index (χ4n) is 2.82. The van der Waals surface area contributed by atoms with Gasteiger partial charge in [0.05, 0.1) is 12.8 Å². The number of nitrogens with zero attached hydrogens (tertiary/aromatic N) is 3. The molecule has 0 aliphatic carbocycles. The van der Waals surface area contributed by atoms with E-state index in [9.17, 15) is 4.79 Å². The summed E-state index contributed by atoms with van der Waals surface area (Å²) in [5.74, 6) is 0.987. The summed E-state index contributed by atoms with van der Waals surface area (Å²) in [6.45, 7) is 0. The summed E-state index contributed by atoms with van der Waals surface area (Å²) in [6.07, 6.45) is 0. The van der Waals surface area contributed by atoms with E-state index in [0.717, 1.165) is 25.9 Å². The van der Waals surface area contributed by atoms with Crippen LogP contribution in [-0.2, 0) is 0 Å². The predicted octanol–water partition coefficient (Wildman–Crippen LogP) is 5.72. The number of methoxy groups -OCH3 is 1. The summed E-state index contributed by atoms with van der Waals surface area (Å²) in [5.41, 5.74) is 2.27. The molecule has 4 rings (SSSR count). The Labute approximate surface area is 190 Å². The lowest BCUT2D eigenvalue weighted by Crippen LogP contribution is -2.14. The number of carbonyl (C=O) groups is 1. The number of rotatable bonds is 5. The zero-order valence-corrected chi connectivity index (χ0v) is 19.0. The first-order valence-electron chi connectivity index (χ1n) is 8.98. The molecular weight excluding hydrogens is 512 g/mol. The van der Waals surface area contributed by atoms with Crippen molar-refractivity contribution in [1.29, 1.82) is 0 Å². The van der Waals surface area contributed by atoms with Crippen molar-refractivity contribution in [3.8, 4) is 22.8 Å². The molecule has 0 aliphatic rings. The van der Waals surface area contributed by atoms with Gasteiger partial charge in [-0.05, 0) is 60.7 Å². The molecule has 0 spiro atoms. The van der Waals surface area contributed by atoms with Crippen molar-refractivity contribution in [3.63, 3.8) is 0 Å². The molecule has 6 nitrogen and oxygen atoms in total. The molecule has 1 heterocycles. The van der Waals surface area contributed by atoms with Crippen molar-refractivity contribution in [2.45, 2.75) is 0 Å². The van der Waals surface area contributed by atoms with Crippen LogP contribution in [0.3, 0.4) is 0 Å². The van der Waals surface area contributed by atoms with E-state index >= 15 is 0 Å². The van der Waals surface area contributed by atoms with Gasteiger partial charge in [-0.15, -0.1) is 5.10 Å². The Morgan fingerprint density at radius 3 is 2.10 bits per heavy atom. The molecule has 30 heavy (non-hydrogen) atoms. The van der Waals surface area contributed by atoms with Gasteiger partial charge in [-0.2, -0.15) is 0 Å². The molecule has 0 radical (unpaired) electrons. The number of aromatic nitrogens is 3. The quantitative estimate of drug-likeness (QED) is 0.360. The van der Waals surface area contributed by atoms with Crippen molar-refractivity contribution in [1.82, 2.24) is 14.8 Å². The first-order valence-corrected chi connectivity index (χ1v) is 10.6. The van der Waals surface area contributed by atoms with Crippen LogP contribution in [0.4, 0.5) is 5.69 Å². The minimum atomic E-state index is -0.386. The molecule has 0 fully saturated rings. The topological polar surface area (TPSA) is 69.0 Å². The average Bonchev–Trinajstić information content (AvgIpc) is 3.21. The smallest absolute Gasteiger partial charge is 0.295 e. The minimum Gasteiger partial charge on any atom is -0.497 e. The van der Waals surface area contributed by atoms with Crippen LogP contribution < -0.4 is 10.1 Å². The molecule has 0 aliphatic heterocycles. The third-order valence-corrected chi connectivity index (χ3v) is 5.39. The molecule has 1 amide bonds. The maximum Gasteiger partial charge on any atom is 0.295 e. The van der Waals surface area contributed by atoms with Gasteiger partial charge >= 0.3 is 0 Å². The number of hydrogen-bond donors (Lipinski definition) is 1. The van der Waals surface area contributed by atoms with E-state index in [4.69, 9.17) is 4.74 Å². The molecule has 3 aromatic carbocycles. The summed E-state index contributed by atoms with van der Waals surface area (Å²) in [7, 11) is 1.61. The Bertz CT molecular complexity index is 1170. The Morgan fingerprint density at radius 2 is 1.50 bits per heavy atom. The number of carbonyl (C=O) groups excluding carboxylic acids is 1. The van der Waals surface area contributed by atoms with Gasteiger partial charge < -0.3 is 10.1 Å². The maximum atomic E-state index is 12.8. The van der Waals surface area contributed by atoms with Crippen LogP contribution in [0.5, 0.6) is 5.75 Å². The largest absolute Gasteiger partial charge is 0.497 e. The summed E-state index contributed by atoms with van der Waals surface area (Å²) in [6, 6.07) is 22.4. The predicted molar refractivity (Wildman–Crippen MR) is 123 cm³/mol. The first-order chi connectivity index (χ1) is 14.5. The van der Waals surface area contributed by atoms with Gasteiger partial charge in [0.25, 0.3) is 5.91 Å². The van der Waals surface area contributed by atoms with Gasteiger partial charge in [0.15, 0.2) is 5.82 Å². The monoisotopic (exact) mass is 526 g/mol. The van der Waals surface area contributed by atoms with Crippen LogP contribution in [-0.4, -0.2) is 27.8 Å². The zero-order valence-electron chi connectivity index (χ0n) is 15.8. The van der Waals surface area contributed by atoms with Crippen LogP contribution in [0.1, 0.15) is 10.6 Å². The molecule has 0 unspecified atom stereocenters. The van der Waals surface area contributed by atoms with Crippen LogP contribution in [0.25, 0.3) is 17.1 Å². The summed E-state index contributed by atoms with van der Waals surface area (Å²) in [5, 5.41) is 7.31. The van der Waals surface area contributed by atoms with E-state index < -0.39 is 0 Å². The molecule has 0 saturated heterocycles. The lowest BCUT2D eigenvalue weighted by Gasteiger charge is -2.07. The van der Waals surface area contributed by atoms with E-state index in [-0.39, 0.29) is 11.7 Å². The van der Waals surface area contributed by atoms with Gasteiger partial charge in [-0.25, -0.2) is 9.67 Å². The summed E-state index contributed by atoms with van der Waals surface area (Å²) >= 11 is 6.83.